The Morgan fingerprint density at radius 1 is 1.38 bits per heavy atom. The van der Waals surface area contributed by atoms with Gasteiger partial charge in [-0.05, 0) is 12.2 Å². The van der Waals surface area contributed by atoms with Crippen LogP contribution in [0, 0.1) is 0 Å². The predicted molar refractivity (Wildman–Crippen MR) is 35.2 cm³/mol. The molecule has 0 bridgehead atoms. The van der Waals surface area contributed by atoms with E-state index in [1.54, 1.807) is 0 Å². The lowest BCUT2D eigenvalue weighted by Gasteiger charge is -2.37. The van der Waals surface area contributed by atoms with Crippen molar-refractivity contribution in [2.75, 3.05) is 18.1 Å². The summed E-state index contributed by atoms with van der Waals surface area (Å²) in [5, 5.41) is 0. The van der Waals surface area contributed by atoms with Crippen molar-refractivity contribution in [3.8, 4) is 0 Å². The Balaban J connectivity index is 2.01. The molecule has 2 saturated heterocycles. The Hall–Kier alpha value is 0.310. The molecular formula is C6H10OS. The van der Waals surface area contributed by atoms with E-state index >= 15 is 0 Å². The molecule has 0 aliphatic carbocycles. The van der Waals surface area contributed by atoms with Crippen molar-refractivity contribution in [1.29, 1.82) is 0 Å². The first-order chi connectivity index (χ1) is 3.91. The quantitative estimate of drug-likeness (QED) is 0.488. The lowest BCUT2D eigenvalue weighted by molar-refractivity contribution is -0.127. The molecule has 0 N–H and O–H groups in total. The topological polar surface area (TPSA) is 9.23 Å². The van der Waals surface area contributed by atoms with E-state index in [9.17, 15) is 0 Å². The van der Waals surface area contributed by atoms with Gasteiger partial charge >= 0.3 is 0 Å². The fourth-order valence-corrected chi connectivity index (χ4v) is 2.69. The van der Waals surface area contributed by atoms with Gasteiger partial charge in [0.05, 0.1) is 12.2 Å². The van der Waals surface area contributed by atoms with Gasteiger partial charge in [-0.25, -0.2) is 0 Å². The lowest BCUT2D eigenvalue weighted by atomic mass is 9.95. The maximum absolute atomic E-state index is 5.46. The largest absolute Gasteiger partial charge is 0.374 e. The Morgan fingerprint density at radius 2 is 2.25 bits per heavy atom. The molecule has 2 heteroatoms. The Morgan fingerprint density at radius 3 is 2.50 bits per heavy atom. The monoisotopic (exact) mass is 130 g/mol. The molecule has 2 aliphatic heterocycles. The summed E-state index contributed by atoms with van der Waals surface area (Å²) in [7, 11) is 0. The van der Waals surface area contributed by atoms with Gasteiger partial charge in [0.25, 0.3) is 0 Å². The van der Waals surface area contributed by atoms with Gasteiger partial charge in [-0.2, -0.15) is 11.8 Å². The summed E-state index contributed by atoms with van der Waals surface area (Å²) in [4.78, 5) is 0. The van der Waals surface area contributed by atoms with Crippen molar-refractivity contribution in [3.63, 3.8) is 0 Å². The van der Waals surface area contributed by atoms with Crippen molar-refractivity contribution in [1.82, 2.24) is 0 Å². The number of ether oxygens (including phenoxy) is 1. The van der Waals surface area contributed by atoms with Gasteiger partial charge < -0.3 is 4.74 Å². The molecule has 0 aromatic carbocycles. The molecule has 1 nitrogen and oxygen atoms in total. The van der Waals surface area contributed by atoms with Gasteiger partial charge in [0, 0.05) is 12.2 Å². The smallest absolute Gasteiger partial charge is 0.0802 e. The molecule has 0 saturated carbocycles. The molecule has 2 aliphatic rings. The maximum Gasteiger partial charge on any atom is 0.0802 e. The third-order valence-electron chi connectivity index (χ3n) is 2.03. The average Bonchev–Trinajstić information content (AvgIpc) is 2.07. The lowest BCUT2D eigenvalue weighted by Crippen LogP contribution is -2.43. The van der Waals surface area contributed by atoms with Crippen molar-refractivity contribution in [2.45, 2.75) is 18.4 Å². The minimum atomic E-state index is 0.380. The Bertz CT molecular complexity index is 90.7. The summed E-state index contributed by atoms with van der Waals surface area (Å²) in [5.74, 6) is 2.58. The molecule has 0 amide bonds. The van der Waals surface area contributed by atoms with Crippen LogP contribution in [0.3, 0.4) is 0 Å². The molecule has 2 rings (SSSR count). The number of rotatable bonds is 0. The second-order valence-electron chi connectivity index (χ2n) is 2.58. The third-order valence-corrected chi connectivity index (χ3v) is 3.26. The fourth-order valence-electron chi connectivity index (χ4n) is 1.29. The van der Waals surface area contributed by atoms with Crippen LogP contribution in [0.15, 0.2) is 0 Å². The molecule has 0 aromatic heterocycles. The second kappa shape index (κ2) is 1.64. The standard InChI is InChI=1S/C6H10OS/c1-3-7-6(1)2-4-8-5-6/h1-5H2. The van der Waals surface area contributed by atoms with Crippen LogP contribution in [0.25, 0.3) is 0 Å². The second-order valence-corrected chi connectivity index (χ2v) is 3.69. The van der Waals surface area contributed by atoms with E-state index in [4.69, 9.17) is 4.74 Å². The number of hydrogen-bond acceptors (Lipinski definition) is 2. The highest BCUT2D eigenvalue weighted by molar-refractivity contribution is 7.99. The minimum Gasteiger partial charge on any atom is -0.374 e. The maximum atomic E-state index is 5.46. The van der Waals surface area contributed by atoms with Gasteiger partial charge in [-0.15, -0.1) is 0 Å². The van der Waals surface area contributed by atoms with E-state index in [0.29, 0.717) is 5.60 Å². The zero-order valence-corrected chi connectivity index (χ0v) is 5.67. The van der Waals surface area contributed by atoms with Crippen LogP contribution in [-0.2, 0) is 4.74 Å². The number of thioether (sulfide) groups is 1. The molecule has 1 unspecified atom stereocenters. The van der Waals surface area contributed by atoms with Crippen LogP contribution in [0.2, 0.25) is 0 Å². The fraction of sp³-hybridized carbons (Fsp3) is 1.00. The van der Waals surface area contributed by atoms with E-state index in [1.807, 2.05) is 11.8 Å². The van der Waals surface area contributed by atoms with Gasteiger partial charge in [0.2, 0.25) is 0 Å². The van der Waals surface area contributed by atoms with Gasteiger partial charge in [0.15, 0.2) is 0 Å². The molecular weight excluding hydrogens is 120 g/mol. The molecule has 0 aromatic rings. The molecule has 8 heavy (non-hydrogen) atoms. The van der Waals surface area contributed by atoms with Crippen LogP contribution < -0.4 is 0 Å². The van der Waals surface area contributed by atoms with E-state index in [2.05, 4.69) is 0 Å². The van der Waals surface area contributed by atoms with Crippen LogP contribution >= 0.6 is 11.8 Å². The van der Waals surface area contributed by atoms with Crippen LogP contribution in [0.4, 0.5) is 0 Å². The minimum absolute atomic E-state index is 0.380. The van der Waals surface area contributed by atoms with E-state index in [-0.39, 0.29) is 0 Å². The highest BCUT2D eigenvalue weighted by Gasteiger charge is 2.41. The van der Waals surface area contributed by atoms with Crippen molar-refractivity contribution in [3.05, 3.63) is 0 Å². The van der Waals surface area contributed by atoms with Gasteiger partial charge in [-0.3, -0.25) is 0 Å². The number of hydrogen-bond donors (Lipinski definition) is 0. The summed E-state index contributed by atoms with van der Waals surface area (Å²) in [6.45, 7) is 1.01. The zero-order valence-electron chi connectivity index (χ0n) is 4.85. The normalized spacial score (nSPS) is 45.0. The van der Waals surface area contributed by atoms with Crippen LogP contribution in [0.5, 0.6) is 0 Å². The highest BCUT2D eigenvalue weighted by Crippen LogP contribution is 2.39. The van der Waals surface area contributed by atoms with Crippen molar-refractivity contribution >= 4 is 11.8 Å². The van der Waals surface area contributed by atoms with Crippen LogP contribution in [-0.4, -0.2) is 23.7 Å². The summed E-state index contributed by atoms with van der Waals surface area (Å²) in [6, 6.07) is 0. The molecule has 2 fully saturated rings. The zero-order chi connectivity index (χ0) is 5.45. The van der Waals surface area contributed by atoms with Crippen molar-refractivity contribution in [2.24, 2.45) is 0 Å². The first kappa shape index (κ1) is 5.12. The highest BCUT2D eigenvalue weighted by atomic mass is 32.2. The summed E-state index contributed by atoms with van der Waals surface area (Å²) < 4.78 is 5.46. The first-order valence-electron chi connectivity index (χ1n) is 3.13. The van der Waals surface area contributed by atoms with Gasteiger partial charge in [0.1, 0.15) is 0 Å². The van der Waals surface area contributed by atoms with E-state index in [0.717, 1.165) is 6.61 Å². The molecule has 0 radical (unpaired) electrons. The summed E-state index contributed by atoms with van der Waals surface area (Å²) in [5.41, 5.74) is 0.380. The first-order valence-corrected chi connectivity index (χ1v) is 4.29. The Kier molecular flexibility index (Phi) is 1.05. The molecule has 46 valence electrons. The van der Waals surface area contributed by atoms with E-state index in [1.165, 1.54) is 24.3 Å². The Labute approximate surface area is 53.8 Å². The third kappa shape index (κ3) is 0.594. The average molecular weight is 130 g/mol. The van der Waals surface area contributed by atoms with Crippen LogP contribution in [0.1, 0.15) is 12.8 Å². The van der Waals surface area contributed by atoms with Crippen molar-refractivity contribution < 1.29 is 4.74 Å². The SMILES string of the molecule is C1CC2(CCSC2)O1. The molecule has 1 atom stereocenters. The predicted octanol–water partition coefficient (Wildman–Crippen LogP) is 1.28. The van der Waals surface area contributed by atoms with E-state index < -0.39 is 0 Å². The molecule has 2 heterocycles. The summed E-state index contributed by atoms with van der Waals surface area (Å²) in [6.07, 6.45) is 2.62. The molecule has 1 spiro atoms. The van der Waals surface area contributed by atoms with Gasteiger partial charge in [-0.1, -0.05) is 0 Å². The summed E-state index contributed by atoms with van der Waals surface area (Å²) >= 11 is 2.03.